The highest BCUT2D eigenvalue weighted by molar-refractivity contribution is 5.80. The molecular weight excluding hydrogens is 254 g/mol. The number of carbonyl (C=O) groups is 2. The number of rotatable bonds is 3. The van der Waals surface area contributed by atoms with Crippen molar-refractivity contribution >= 4 is 11.9 Å². The summed E-state index contributed by atoms with van der Waals surface area (Å²) in [6.07, 6.45) is 8.73. The monoisotopic (exact) mass is 281 g/mol. The SMILES string of the molecule is CC1CCCC(NC(=O)C2CCCC(C(=O)O)C2)CC1. The summed E-state index contributed by atoms with van der Waals surface area (Å²) in [5.41, 5.74) is 0. The molecule has 0 radical (unpaired) electrons. The van der Waals surface area contributed by atoms with Crippen LogP contribution < -0.4 is 5.32 Å². The van der Waals surface area contributed by atoms with Gasteiger partial charge in [-0.3, -0.25) is 9.59 Å². The van der Waals surface area contributed by atoms with E-state index in [0.29, 0.717) is 12.5 Å². The van der Waals surface area contributed by atoms with Gasteiger partial charge in [-0.1, -0.05) is 26.2 Å². The van der Waals surface area contributed by atoms with Crippen LogP contribution in [-0.4, -0.2) is 23.0 Å². The number of carboxylic acids is 1. The standard InChI is InChI=1S/C16H27NO3/c1-11-4-2-7-14(9-8-11)17-15(18)12-5-3-6-13(10-12)16(19)20/h11-14H,2-10H2,1H3,(H,17,18)(H,19,20). The van der Waals surface area contributed by atoms with Gasteiger partial charge in [0.1, 0.15) is 0 Å². The summed E-state index contributed by atoms with van der Waals surface area (Å²) in [7, 11) is 0. The summed E-state index contributed by atoms with van der Waals surface area (Å²) >= 11 is 0. The van der Waals surface area contributed by atoms with Crippen molar-refractivity contribution in [2.75, 3.05) is 0 Å². The summed E-state index contributed by atoms with van der Waals surface area (Å²) in [6, 6.07) is 0.303. The van der Waals surface area contributed by atoms with E-state index >= 15 is 0 Å². The van der Waals surface area contributed by atoms with Gasteiger partial charge in [0.25, 0.3) is 0 Å². The lowest BCUT2D eigenvalue weighted by Crippen LogP contribution is -2.41. The van der Waals surface area contributed by atoms with E-state index in [0.717, 1.165) is 38.0 Å². The Balaban J connectivity index is 1.83. The van der Waals surface area contributed by atoms with E-state index in [1.807, 2.05) is 0 Å². The second-order valence-corrected chi connectivity index (χ2v) is 6.72. The van der Waals surface area contributed by atoms with Crippen LogP contribution in [0, 0.1) is 17.8 Å². The number of amides is 1. The molecule has 0 heterocycles. The minimum atomic E-state index is -0.745. The molecule has 2 aliphatic rings. The summed E-state index contributed by atoms with van der Waals surface area (Å²) in [4.78, 5) is 23.4. The van der Waals surface area contributed by atoms with Gasteiger partial charge in [-0.2, -0.15) is 0 Å². The van der Waals surface area contributed by atoms with Crippen LogP contribution in [-0.2, 0) is 9.59 Å². The topological polar surface area (TPSA) is 66.4 Å². The van der Waals surface area contributed by atoms with Crippen molar-refractivity contribution in [2.45, 2.75) is 70.8 Å². The first kappa shape index (κ1) is 15.3. The van der Waals surface area contributed by atoms with Crippen molar-refractivity contribution in [3.8, 4) is 0 Å². The van der Waals surface area contributed by atoms with Crippen molar-refractivity contribution in [2.24, 2.45) is 17.8 Å². The number of hydrogen-bond donors (Lipinski definition) is 2. The zero-order chi connectivity index (χ0) is 14.5. The Hall–Kier alpha value is -1.06. The Kier molecular flexibility index (Phi) is 5.44. The van der Waals surface area contributed by atoms with Crippen LogP contribution >= 0.6 is 0 Å². The van der Waals surface area contributed by atoms with Crippen molar-refractivity contribution in [1.29, 1.82) is 0 Å². The van der Waals surface area contributed by atoms with Gasteiger partial charge >= 0.3 is 5.97 Å². The third kappa shape index (κ3) is 4.22. The Morgan fingerprint density at radius 3 is 2.40 bits per heavy atom. The zero-order valence-electron chi connectivity index (χ0n) is 12.4. The fourth-order valence-corrected chi connectivity index (χ4v) is 3.60. The Labute approximate surface area is 121 Å². The minimum absolute atomic E-state index is 0.0921. The highest BCUT2D eigenvalue weighted by Gasteiger charge is 2.32. The maximum absolute atomic E-state index is 12.3. The molecule has 4 unspecified atom stereocenters. The predicted molar refractivity (Wildman–Crippen MR) is 77.3 cm³/mol. The van der Waals surface area contributed by atoms with Crippen molar-refractivity contribution in [3.63, 3.8) is 0 Å². The molecule has 0 aromatic carbocycles. The first-order chi connectivity index (χ1) is 9.56. The molecule has 4 heteroatoms. The van der Waals surface area contributed by atoms with E-state index in [-0.39, 0.29) is 17.7 Å². The predicted octanol–water partition coefficient (Wildman–Crippen LogP) is 2.96. The normalized spacial score (nSPS) is 35.0. The molecule has 0 spiro atoms. The van der Waals surface area contributed by atoms with Crippen molar-refractivity contribution < 1.29 is 14.7 Å². The summed E-state index contributed by atoms with van der Waals surface area (Å²) in [5, 5.41) is 12.3. The van der Waals surface area contributed by atoms with Crippen molar-refractivity contribution in [3.05, 3.63) is 0 Å². The van der Waals surface area contributed by atoms with E-state index in [9.17, 15) is 9.59 Å². The second-order valence-electron chi connectivity index (χ2n) is 6.72. The fraction of sp³-hybridized carbons (Fsp3) is 0.875. The molecule has 0 aromatic rings. The maximum Gasteiger partial charge on any atom is 0.306 e. The molecule has 114 valence electrons. The van der Waals surface area contributed by atoms with Crippen LogP contribution in [0.4, 0.5) is 0 Å². The number of carbonyl (C=O) groups excluding carboxylic acids is 1. The highest BCUT2D eigenvalue weighted by Crippen LogP contribution is 2.30. The van der Waals surface area contributed by atoms with Crippen LogP contribution in [0.5, 0.6) is 0 Å². The van der Waals surface area contributed by atoms with Crippen LogP contribution in [0.15, 0.2) is 0 Å². The number of aliphatic carboxylic acids is 1. The Morgan fingerprint density at radius 2 is 1.65 bits per heavy atom. The summed E-state index contributed by atoms with van der Waals surface area (Å²) in [5.74, 6) is -0.302. The van der Waals surface area contributed by atoms with E-state index in [1.165, 1.54) is 19.3 Å². The van der Waals surface area contributed by atoms with E-state index in [1.54, 1.807) is 0 Å². The van der Waals surface area contributed by atoms with Crippen LogP contribution in [0.3, 0.4) is 0 Å². The molecule has 20 heavy (non-hydrogen) atoms. The molecule has 0 aliphatic heterocycles. The lowest BCUT2D eigenvalue weighted by molar-refractivity contribution is -0.144. The van der Waals surface area contributed by atoms with Crippen LogP contribution in [0.25, 0.3) is 0 Å². The molecule has 4 atom stereocenters. The first-order valence-corrected chi connectivity index (χ1v) is 8.09. The average Bonchev–Trinajstić information content (AvgIpc) is 2.64. The van der Waals surface area contributed by atoms with E-state index in [4.69, 9.17) is 5.11 Å². The van der Waals surface area contributed by atoms with E-state index in [2.05, 4.69) is 12.2 Å². The molecule has 2 aliphatic carbocycles. The summed E-state index contributed by atoms with van der Waals surface area (Å²) < 4.78 is 0. The average molecular weight is 281 g/mol. The number of hydrogen-bond acceptors (Lipinski definition) is 2. The van der Waals surface area contributed by atoms with Gasteiger partial charge < -0.3 is 10.4 Å². The van der Waals surface area contributed by atoms with Gasteiger partial charge in [0, 0.05) is 12.0 Å². The molecular formula is C16H27NO3. The molecule has 0 aromatic heterocycles. The van der Waals surface area contributed by atoms with Gasteiger partial charge in [0.05, 0.1) is 5.92 Å². The van der Waals surface area contributed by atoms with Crippen LogP contribution in [0.2, 0.25) is 0 Å². The smallest absolute Gasteiger partial charge is 0.306 e. The molecule has 2 saturated carbocycles. The maximum atomic E-state index is 12.3. The Morgan fingerprint density at radius 1 is 0.950 bits per heavy atom. The minimum Gasteiger partial charge on any atom is -0.481 e. The quantitative estimate of drug-likeness (QED) is 0.782. The lowest BCUT2D eigenvalue weighted by Gasteiger charge is -2.27. The van der Waals surface area contributed by atoms with Gasteiger partial charge in [-0.05, 0) is 44.4 Å². The third-order valence-electron chi connectivity index (χ3n) is 5.00. The molecule has 2 rings (SSSR count). The zero-order valence-corrected chi connectivity index (χ0v) is 12.4. The molecule has 4 nitrogen and oxygen atoms in total. The van der Waals surface area contributed by atoms with Gasteiger partial charge in [-0.25, -0.2) is 0 Å². The van der Waals surface area contributed by atoms with Gasteiger partial charge in [-0.15, -0.1) is 0 Å². The van der Waals surface area contributed by atoms with Gasteiger partial charge in [0.15, 0.2) is 0 Å². The van der Waals surface area contributed by atoms with Crippen LogP contribution in [0.1, 0.15) is 64.7 Å². The number of nitrogens with one attached hydrogen (secondary N) is 1. The first-order valence-electron chi connectivity index (χ1n) is 8.09. The molecule has 0 saturated heterocycles. The fourth-order valence-electron chi connectivity index (χ4n) is 3.60. The third-order valence-corrected chi connectivity index (χ3v) is 5.00. The molecule has 1 amide bonds. The summed E-state index contributed by atoms with van der Waals surface area (Å²) in [6.45, 7) is 2.28. The van der Waals surface area contributed by atoms with E-state index < -0.39 is 5.97 Å². The molecule has 0 bridgehead atoms. The molecule has 2 N–H and O–H groups in total. The van der Waals surface area contributed by atoms with Crippen molar-refractivity contribution in [1.82, 2.24) is 5.32 Å². The second kappa shape index (κ2) is 7.09. The Bertz CT molecular complexity index is 356. The number of carboxylic acid groups (broad SMARTS) is 1. The molecule has 2 fully saturated rings. The van der Waals surface area contributed by atoms with Gasteiger partial charge in [0.2, 0.25) is 5.91 Å². The largest absolute Gasteiger partial charge is 0.481 e. The lowest BCUT2D eigenvalue weighted by atomic mass is 9.81. The highest BCUT2D eigenvalue weighted by atomic mass is 16.4.